The summed E-state index contributed by atoms with van der Waals surface area (Å²) in [5.41, 5.74) is 0.540. The van der Waals surface area contributed by atoms with Crippen LogP contribution in [0.4, 0.5) is 0 Å². The summed E-state index contributed by atoms with van der Waals surface area (Å²) >= 11 is 1.43. The number of hydrogen-bond donors (Lipinski definition) is 0. The average Bonchev–Trinajstić information content (AvgIpc) is 3.30. The van der Waals surface area contributed by atoms with Crippen molar-refractivity contribution in [2.24, 2.45) is 0 Å². The number of benzene rings is 1. The fraction of sp³-hybridized carbons (Fsp3) is 0.435. The fourth-order valence-corrected chi connectivity index (χ4v) is 4.31. The largest absolute Gasteiger partial charge is 0.383 e. The molecule has 0 spiro atoms. The third-order valence-corrected chi connectivity index (χ3v) is 6.11. The molecule has 0 radical (unpaired) electrons. The highest BCUT2D eigenvalue weighted by Gasteiger charge is 2.29. The van der Waals surface area contributed by atoms with Gasteiger partial charge in [-0.1, -0.05) is 25.1 Å². The maximum absolute atomic E-state index is 13.4. The van der Waals surface area contributed by atoms with Gasteiger partial charge in [-0.15, -0.1) is 11.3 Å². The zero-order valence-electron chi connectivity index (χ0n) is 18.6. The molecule has 1 unspecified atom stereocenters. The lowest BCUT2D eigenvalue weighted by Crippen LogP contribution is -2.42. The molecule has 0 bridgehead atoms. The van der Waals surface area contributed by atoms with Crippen molar-refractivity contribution in [2.75, 3.05) is 40.9 Å². The molecule has 0 aliphatic carbocycles. The number of carbonyl (C=O) groups excluding carboxylic acids is 1. The average molecular weight is 443 g/mol. The Hall–Kier alpha value is -2.55. The van der Waals surface area contributed by atoms with Gasteiger partial charge in [0.25, 0.3) is 11.5 Å². The second kappa shape index (κ2) is 10.7. The first-order valence-electron chi connectivity index (χ1n) is 10.5. The molecule has 0 aliphatic rings. The Morgan fingerprint density at radius 3 is 2.61 bits per heavy atom. The predicted molar refractivity (Wildman–Crippen MR) is 125 cm³/mol. The first-order chi connectivity index (χ1) is 15.0. The molecule has 2 aromatic heterocycles. The third kappa shape index (κ3) is 5.20. The molecular weight excluding hydrogens is 412 g/mol. The van der Waals surface area contributed by atoms with Crippen LogP contribution < -0.4 is 5.56 Å². The molecule has 1 amide bonds. The third-order valence-electron chi connectivity index (χ3n) is 5.25. The van der Waals surface area contributed by atoms with Gasteiger partial charge in [0.05, 0.1) is 35.0 Å². The summed E-state index contributed by atoms with van der Waals surface area (Å²) < 4.78 is 6.92. The van der Waals surface area contributed by atoms with E-state index < -0.39 is 0 Å². The molecule has 0 saturated heterocycles. The van der Waals surface area contributed by atoms with Gasteiger partial charge in [0.15, 0.2) is 0 Å². The summed E-state index contributed by atoms with van der Waals surface area (Å²) in [7, 11) is 5.58. The van der Waals surface area contributed by atoms with Crippen LogP contribution in [0.25, 0.3) is 10.9 Å². The minimum Gasteiger partial charge on any atom is -0.383 e. The van der Waals surface area contributed by atoms with E-state index in [2.05, 4.69) is 0 Å². The molecule has 1 aromatic carbocycles. The first-order valence-corrected chi connectivity index (χ1v) is 11.3. The number of amides is 1. The second-order valence-corrected chi connectivity index (χ2v) is 8.59. The highest BCUT2D eigenvalue weighted by molar-refractivity contribution is 7.12. The Balaban J connectivity index is 2.14. The van der Waals surface area contributed by atoms with Crippen molar-refractivity contribution in [1.82, 2.24) is 19.4 Å². The van der Waals surface area contributed by atoms with Crippen LogP contribution in [0.2, 0.25) is 0 Å². The highest BCUT2D eigenvalue weighted by Crippen LogP contribution is 2.26. The lowest BCUT2D eigenvalue weighted by Gasteiger charge is -2.33. The van der Waals surface area contributed by atoms with Crippen molar-refractivity contribution in [1.29, 1.82) is 0 Å². The number of carbonyl (C=O) groups is 1. The minimum atomic E-state index is -0.330. The Labute approximate surface area is 186 Å². The number of likely N-dealkylation sites (N-methyl/N-ethyl adjacent to an activating group) is 1. The van der Waals surface area contributed by atoms with E-state index in [-0.39, 0.29) is 17.5 Å². The van der Waals surface area contributed by atoms with Gasteiger partial charge >= 0.3 is 0 Å². The zero-order chi connectivity index (χ0) is 22.4. The Morgan fingerprint density at radius 2 is 1.97 bits per heavy atom. The van der Waals surface area contributed by atoms with Gasteiger partial charge in [-0.25, -0.2) is 4.98 Å². The molecule has 0 aliphatic heterocycles. The van der Waals surface area contributed by atoms with Gasteiger partial charge in [0, 0.05) is 20.2 Å². The van der Waals surface area contributed by atoms with E-state index in [9.17, 15) is 9.59 Å². The van der Waals surface area contributed by atoms with Gasteiger partial charge in [-0.3, -0.25) is 14.2 Å². The van der Waals surface area contributed by atoms with E-state index in [1.165, 1.54) is 11.3 Å². The quantitative estimate of drug-likeness (QED) is 0.482. The highest BCUT2D eigenvalue weighted by atomic mass is 32.1. The van der Waals surface area contributed by atoms with E-state index >= 15 is 0 Å². The fourth-order valence-electron chi connectivity index (χ4n) is 3.63. The molecule has 3 aromatic rings. The molecule has 31 heavy (non-hydrogen) atoms. The van der Waals surface area contributed by atoms with Crippen LogP contribution in [0.15, 0.2) is 46.6 Å². The normalized spacial score (nSPS) is 12.4. The van der Waals surface area contributed by atoms with Crippen molar-refractivity contribution < 1.29 is 9.53 Å². The SMILES string of the molecule is CCC(c1nc2ccccc2c(=O)n1CCOC)N(CCN(C)C)C(=O)c1cccs1. The Kier molecular flexibility index (Phi) is 7.95. The predicted octanol–water partition coefficient (Wildman–Crippen LogP) is 3.26. The monoisotopic (exact) mass is 442 g/mol. The lowest BCUT2D eigenvalue weighted by molar-refractivity contribution is 0.0644. The van der Waals surface area contributed by atoms with Crippen LogP contribution >= 0.6 is 11.3 Å². The van der Waals surface area contributed by atoms with Gasteiger partial charge in [-0.05, 0) is 44.1 Å². The molecule has 0 N–H and O–H groups in total. The van der Waals surface area contributed by atoms with E-state index in [0.29, 0.717) is 54.3 Å². The van der Waals surface area contributed by atoms with Crippen LogP contribution in [0.1, 0.15) is 34.9 Å². The van der Waals surface area contributed by atoms with Crippen LogP contribution in [0.5, 0.6) is 0 Å². The van der Waals surface area contributed by atoms with Crippen LogP contribution in [-0.2, 0) is 11.3 Å². The molecule has 3 rings (SSSR count). The maximum Gasteiger partial charge on any atom is 0.264 e. The van der Waals surface area contributed by atoms with E-state index in [1.807, 2.05) is 66.5 Å². The number of thiophene rings is 1. The number of para-hydroxylation sites is 1. The number of methoxy groups -OCH3 is 1. The summed E-state index contributed by atoms with van der Waals surface area (Å²) in [5, 5.41) is 2.47. The Bertz CT molecular complexity index is 1060. The summed E-state index contributed by atoms with van der Waals surface area (Å²) in [4.78, 5) is 36.2. The van der Waals surface area contributed by atoms with Crippen molar-refractivity contribution >= 4 is 28.1 Å². The summed E-state index contributed by atoms with van der Waals surface area (Å²) in [5.74, 6) is 0.566. The molecule has 7 nitrogen and oxygen atoms in total. The summed E-state index contributed by atoms with van der Waals surface area (Å²) in [6.07, 6.45) is 0.641. The Morgan fingerprint density at radius 1 is 1.19 bits per heavy atom. The topological polar surface area (TPSA) is 67.7 Å². The lowest BCUT2D eigenvalue weighted by atomic mass is 10.1. The first kappa shape index (κ1) is 23.1. The van der Waals surface area contributed by atoms with Crippen molar-refractivity contribution in [3.63, 3.8) is 0 Å². The van der Waals surface area contributed by atoms with Gasteiger partial charge in [-0.2, -0.15) is 0 Å². The smallest absolute Gasteiger partial charge is 0.264 e. The number of ether oxygens (including phenoxy) is 1. The summed E-state index contributed by atoms with van der Waals surface area (Å²) in [6, 6.07) is 10.7. The molecule has 0 fully saturated rings. The van der Waals surface area contributed by atoms with E-state index in [0.717, 1.165) is 0 Å². The molecular formula is C23H30N4O3S. The van der Waals surface area contributed by atoms with Crippen molar-refractivity contribution in [3.8, 4) is 0 Å². The number of aromatic nitrogens is 2. The van der Waals surface area contributed by atoms with Crippen molar-refractivity contribution in [3.05, 3.63) is 62.8 Å². The zero-order valence-corrected chi connectivity index (χ0v) is 19.4. The molecule has 8 heteroatoms. The number of hydrogen-bond acceptors (Lipinski definition) is 6. The maximum atomic E-state index is 13.4. The van der Waals surface area contributed by atoms with E-state index in [4.69, 9.17) is 9.72 Å². The molecule has 0 saturated carbocycles. The number of fused-ring (bicyclic) bond motifs is 1. The van der Waals surface area contributed by atoms with Crippen LogP contribution in [0, 0.1) is 0 Å². The van der Waals surface area contributed by atoms with E-state index in [1.54, 1.807) is 17.7 Å². The summed E-state index contributed by atoms with van der Waals surface area (Å²) in [6.45, 7) is 4.05. The molecule has 166 valence electrons. The molecule has 2 heterocycles. The standard InChI is InChI=1S/C23H30N4O3S/c1-5-19(26(13-12-25(2)3)23(29)20-11-8-16-31-20)21-24-18-10-7-6-9-17(18)22(28)27(21)14-15-30-4/h6-11,16,19H,5,12-15H2,1-4H3. The van der Waals surface area contributed by atoms with Crippen LogP contribution in [0.3, 0.4) is 0 Å². The van der Waals surface area contributed by atoms with Gasteiger partial charge in [0.1, 0.15) is 5.82 Å². The second-order valence-electron chi connectivity index (χ2n) is 7.64. The number of nitrogens with zero attached hydrogens (tertiary/aromatic N) is 4. The minimum absolute atomic E-state index is 0.0376. The van der Waals surface area contributed by atoms with Crippen LogP contribution in [-0.4, -0.2) is 66.2 Å². The molecule has 1 atom stereocenters. The number of rotatable bonds is 10. The van der Waals surface area contributed by atoms with Crippen molar-refractivity contribution in [2.45, 2.75) is 25.9 Å². The van der Waals surface area contributed by atoms with Gasteiger partial charge < -0.3 is 14.5 Å². The van der Waals surface area contributed by atoms with Gasteiger partial charge in [0.2, 0.25) is 0 Å².